The summed E-state index contributed by atoms with van der Waals surface area (Å²) in [5.74, 6) is -1.88. The zero-order valence-corrected chi connectivity index (χ0v) is 25.8. The number of rotatable bonds is 8. The Balaban J connectivity index is 1.56. The average molecular weight is 592 g/mol. The monoisotopic (exact) mass is 591 g/mol. The lowest BCUT2D eigenvalue weighted by Crippen LogP contribution is -2.55. The SMILES string of the molecule is CC(C)[C@H](NC(=O)[C@H](C)N(C)C(=O)OC(C)(C)C)C(=O)N1CCC[C@H]1c1cncc(-n2cc(C(=O)O)c3ccccc32)c1. The molecule has 1 aliphatic heterocycles. The molecular formula is C32H41N5O6. The number of aromatic carboxylic acids is 1. The van der Waals surface area contributed by atoms with E-state index in [1.807, 2.05) is 32.0 Å². The molecule has 43 heavy (non-hydrogen) atoms. The van der Waals surface area contributed by atoms with Crippen molar-refractivity contribution in [2.45, 2.75) is 78.1 Å². The highest BCUT2D eigenvalue weighted by atomic mass is 16.6. The van der Waals surface area contributed by atoms with Gasteiger partial charge in [0.25, 0.3) is 0 Å². The zero-order chi connectivity index (χ0) is 31.6. The van der Waals surface area contributed by atoms with Gasteiger partial charge in [-0.3, -0.25) is 19.5 Å². The van der Waals surface area contributed by atoms with Crippen molar-refractivity contribution in [3.8, 4) is 5.69 Å². The minimum Gasteiger partial charge on any atom is -0.478 e. The van der Waals surface area contributed by atoms with E-state index in [1.165, 1.54) is 11.9 Å². The summed E-state index contributed by atoms with van der Waals surface area (Å²) < 4.78 is 7.19. The fraction of sp³-hybridized carbons (Fsp3) is 0.469. The lowest BCUT2D eigenvalue weighted by Gasteiger charge is -2.33. The smallest absolute Gasteiger partial charge is 0.410 e. The number of pyridine rings is 1. The van der Waals surface area contributed by atoms with E-state index in [-0.39, 0.29) is 23.4 Å². The first-order chi connectivity index (χ1) is 20.2. The van der Waals surface area contributed by atoms with Crippen molar-refractivity contribution in [2.75, 3.05) is 13.6 Å². The van der Waals surface area contributed by atoms with E-state index in [0.717, 1.165) is 23.9 Å². The van der Waals surface area contributed by atoms with E-state index in [0.29, 0.717) is 17.6 Å². The van der Waals surface area contributed by atoms with Gasteiger partial charge in [0.1, 0.15) is 17.7 Å². The Bertz CT molecular complexity index is 1520. The fourth-order valence-electron chi connectivity index (χ4n) is 5.33. The predicted molar refractivity (Wildman–Crippen MR) is 162 cm³/mol. The van der Waals surface area contributed by atoms with Crippen molar-refractivity contribution in [3.63, 3.8) is 0 Å². The Hall–Kier alpha value is -4.41. The number of carbonyl (C=O) groups excluding carboxylic acids is 3. The van der Waals surface area contributed by atoms with Crippen LogP contribution in [0.2, 0.25) is 0 Å². The van der Waals surface area contributed by atoms with Gasteiger partial charge in [0.05, 0.1) is 29.0 Å². The topological polar surface area (TPSA) is 134 Å². The van der Waals surface area contributed by atoms with Crippen LogP contribution in [0.1, 0.15) is 76.3 Å². The normalized spacial score (nSPS) is 16.7. The summed E-state index contributed by atoms with van der Waals surface area (Å²) in [6.07, 6.45) is 5.87. The lowest BCUT2D eigenvalue weighted by atomic mass is 10.00. The number of ether oxygens (including phenoxy) is 1. The Morgan fingerprint density at radius 2 is 1.81 bits per heavy atom. The maximum absolute atomic E-state index is 13.9. The van der Waals surface area contributed by atoms with Crippen molar-refractivity contribution in [3.05, 3.63) is 60.0 Å². The molecule has 1 aromatic carbocycles. The van der Waals surface area contributed by atoms with Crippen LogP contribution in [0.15, 0.2) is 48.9 Å². The van der Waals surface area contributed by atoms with Crippen LogP contribution in [0.25, 0.3) is 16.6 Å². The summed E-state index contributed by atoms with van der Waals surface area (Å²) in [7, 11) is 1.49. The number of benzene rings is 1. The molecule has 2 N–H and O–H groups in total. The number of carboxylic acids is 1. The predicted octanol–water partition coefficient (Wildman–Crippen LogP) is 4.78. The van der Waals surface area contributed by atoms with Crippen LogP contribution in [0.5, 0.6) is 0 Å². The molecule has 0 radical (unpaired) electrons. The maximum Gasteiger partial charge on any atom is 0.410 e. The second-order valence-electron chi connectivity index (χ2n) is 12.4. The number of carbonyl (C=O) groups is 4. The highest BCUT2D eigenvalue weighted by molar-refractivity contribution is 6.04. The van der Waals surface area contributed by atoms with Crippen LogP contribution < -0.4 is 5.32 Å². The van der Waals surface area contributed by atoms with Gasteiger partial charge in [-0.25, -0.2) is 9.59 Å². The number of hydrogen-bond donors (Lipinski definition) is 2. The van der Waals surface area contributed by atoms with E-state index in [2.05, 4.69) is 10.3 Å². The number of nitrogens with zero attached hydrogens (tertiary/aromatic N) is 4. The number of para-hydroxylation sites is 1. The fourth-order valence-corrected chi connectivity index (χ4v) is 5.33. The molecule has 4 rings (SSSR count). The summed E-state index contributed by atoms with van der Waals surface area (Å²) in [4.78, 5) is 59.0. The van der Waals surface area contributed by atoms with Gasteiger partial charge in [-0.15, -0.1) is 0 Å². The van der Waals surface area contributed by atoms with Crippen LogP contribution in [-0.4, -0.2) is 79.6 Å². The molecule has 0 saturated carbocycles. The molecule has 3 amide bonds. The van der Waals surface area contributed by atoms with Crippen molar-refractivity contribution in [1.29, 1.82) is 0 Å². The van der Waals surface area contributed by atoms with Crippen LogP contribution in [0, 0.1) is 5.92 Å². The van der Waals surface area contributed by atoms with Gasteiger partial charge in [0, 0.05) is 31.4 Å². The number of nitrogens with one attached hydrogen (secondary N) is 1. The van der Waals surface area contributed by atoms with Gasteiger partial charge in [-0.1, -0.05) is 32.0 Å². The average Bonchev–Trinajstić information content (AvgIpc) is 3.59. The molecule has 11 nitrogen and oxygen atoms in total. The first-order valence-electron chi connectivity index (χ1n) is 14.5. The Kier molecular flexibility index (Phi) is 9.12. The van der Waals surface area contributed by atoms with Crippen LogP contribution in [-0.2, 0) is 14.3 Å². The Labute approximate surface area is 251 Å². The summed E-state index contributed by atoms with van der Waals surface area (Å²) >= 11 is 0. The van der Waals surface area contributed by atoms with E-state index < -0.39 is 35.7 Å². The van der Waals surface area contributed by atoms with E-state index in [9.17, 15) is 24.3 Å². The molecule has 230 valence electrons. The third kappa shape index (κ3) is 6.81. The van der Waals surface area contributed by atoms with Gasteiger partial charge in [-0.05, 0) is 64.2 Å². The highest BCUT2D eigenvalue weighted by Crippen LogP contribution is 2.34. The number of fused-ring (bicyclic) bond motifs is 1. The van der Waals surface area contributed by atoms with Crippen molar-refractivity contribution in [2.24, 2.45) is 5.92 Å². The summed E-state index contributed by atoms with van der Waals surface area (Å²) in [5.41, 5.74) is 1.74. The largest absolute Gasteiger partial charge is 0.478 e. The van der Waals surface area contributed by atoms with E-state index in [1.54, 1.807) is 67.9 Å². The Morgan fingerprint density at radius 3 is 2.47 bits per heavy atom. The molecule has 0 spiro atoms. The standard InChI is InChI=1S/C32H41N5O6/c1-19(2)27(34-28(38)20(3)35(7)31(42)43-32(4,5)6)29(39)36-14-10-13-25(36)21-15-22(17-33-16-21)37-18-24(30(40)41)23-11-8-9-12-26(23)37/h8-9,11-12,15-20,25,27H,10,13-14H2,1-7H3,(H,34,38)(H,40,41)/t20-,25-,27-/m0/s1. The lowest BCUT2D eigenvalue weighted by molar-refractivity contribution is -0.139. The number of hydrogen-bond acceptors (Lipinski definition) is 6. The number of amides is 3. The molecule has 3 heterocycles. The van der Waals surface area contributed by atoms with Gasteiger partial charge < -0.3 is 24.6 Å². The van der Waals surface area contributed by atoms with Gasteiger partial charge in [-0.2, -0.15) is 0 Å². The summed E-state index contributed by atoms with van der Waals surface area (Å²) in [6.45, 7) is 11.1. The highest BCUT2D eigenvalue weighted by Gasteiger charge is 2.38. The Morgan fingerprint density at radius 1 is 1.12 bits per heavy atom. The summed E-state index contributed by atoms with van der Waals surface area (Å²) in [6, 6.07) is 7.30. The molecule has 1 aliphatic rings. The molecule has 0 aliphatic carbocycles. The second-order valence-corrected chi connectivity index (χ2v) is 12.4. The molecule has 0 unspecified atom stereocenters. The maximum atomic E-state index is 13.9. The van der Waals surface area contributed by atoms with Crippen molar-refractivity contribution >= 4 is 34.8 Å². The third-order valence-electron chi connectivity index (χ3n) is 7.76. The third-order valence-corrected chi connectivity index (χ3v) is 7.76. The zero-order valence-electron chi connectivity index (χ0n) is 25.8. The molecule has 3 atom stereocenters. The van der Waals surface area contributed by atoms with Crippen molar-refractivity contribution in [1.82, 2.24) is 24.7 Å². The van der Waals surface area contributed by atoms with Crippen LogP contribution in [0.4, 0.5) is 4.79 Å². The molecule has 11 heteroatoms. The minimum atomic E-state index is -1.01. The molecule has 3 aromatic rings. The molecule has 2 aromatic heterocycles. The van der Waals surface area contributed by atoms with Gasteiger partial charge >= 0.3 is 12.1 Å². The second kappa shape index (κ2) is 12.4. The van der Waals surface area contributed by atoms with Crippen LogP contribution in [0.3, 0.4) is 0 Å². The van der Waals surface area contributed by atoms with Crippen molar-refractivity contribution < 1.29 is 29.0 Å². The quantitative estimate of drug-likeness (QED) is 0.385. The van der Waals surface area contributed by atoms with E-state index in [4.69, 9.17) is 4.74 Å². The molecule has 1 fully saturated rings. The van der Waals surface area contributed by atoms with Crippen LogP contribution >= 0.6 is 0 Å². The molecule has 1 saturated heterocycles. The first kappa shape index (κ1) is 31.5. The van der Waals surface area contributed by atoms with Gasteiger partial charge in [0.2, 0.25) is 11.8 Å². The molecule has 0 bridgehead atoms. The molecular weight excluding hydrogens is 550 g/mol. The van der Waals surface area contributed by atoms with Gasteiger partial charge in [0.15, 0.2) is 0 Å². The summed E-state index contributed by atoms with van der Waals surface area (Å²) in [5, 5.41) is 13.2. The number of likely N-dealkylation sites (tertiary alicyclic amines) is 1. The number of carboxylic acid groups (broad SMARTS) is 1. The number of aromatic nitrogens is 2. The van der Waals surface area contributed by atoms with E-state index >= 15 is 0 Å². The number of likely N-dealkylation sites (N-methyl/N-ethyl adjacent to an activating group) is 1. The minimum absolute atomic E-state index is 0.195. The first-order valence-corrected chi connectivity index (χ1v) is 14.5.